The number of hydrogen-bond donors (Lipinski definition) is 3. The number of fused-ring (bicyclic) bond motifs is 1. The molecule has 2 atom stereocenters. The topological polar surface area (TPSA) is 94.5 Å². The van der Waals surface area contributed by atoms with Crippen molar-refractivity contribution in [2.45, 2.75) is 25.9 Å². The molecule has 38 heavy (non-hydrogen) atoms. The second-order valence-electron chi connectivity index (χ2n) is 9.82. The predicted octanol–water partition coefficient (Wildman–Crippen LogP) is 4.43. The maximum absolute atomic E-state index is 13.0. The van der Waals surface area contributed by atoms with Crippen LogP contribution >= 0.6 is 0 Å². The Balaban J connectivity index is 1.28. The van der Waals surface area contributed by atoms with Gasteiger partial charge < -0.3 is 25.8 Å². The van der Waals surface area contributed by atoms with E-state index < -0.39 is 0 Å². The number of benzene rings is 2. The number of rotatable bonds is 5. The van der Waals surface area contributed by atoms with Gasteiger partial charge in [0.25, 0.3) is 5.91 Å². The summed E-state index contributed by atoms with van der Waals surface area (Å²) in [6.45, 7) is 6.25. The third-order valence-corrected chi connectivity index (χ3v) is 6.92. The maximum Gasteiger partial charge on any atom is 0.325 e. The van der Waals surface area contributed by atoms with Gasteiger partial charge in [-0.25, -0.2) is 9.78 Å². The minimum atomic E-state index is -0.206. The zero-order valence-corrected chi connectivity index (χ0v) is 22.1. The van der Waals surface area contributed by atoms with Gasteiger partial charge in [0.1, 0.15) is 5.82 Å². The average molecular weight is 512 g/mol. The summed E-state index contributed by atoms with van der Waals surface area (Å²) < 4.78 is 1.58. The Bertz CT molecular complexity index is 1450. The van der Waals surface area contributed by atoms with Gasteiger partial charge in [0.2, 0.25) is 0 Å². The zero-order valence-electron chi connectivity index (χ0n) is 22.1. The van der Waals surface area contributed by atoms with Crippen LogP contribution in [0.3, 0.4) is 0 Å². The van der Waals surface area contributed by atoms with Gasteiger partial charge in [0, 0.05) is 85.7 Å². The van der Waals surface area contributed by atoms with Crippen LogP contribution < -0.4 is 25.8 Å². The lowest BCUT2D eigenvalue weighted by atomic mass is 10.1. The van der Waals surface area contributed by atoms with E-state index in [-0.39, 0.29) is 11.9 Å². The molecule has 4 aromatic rings. The Kier molecular flexibility index (Phi) is 7.02. The lowest BCUT2D eigenvalue weighted by Gasteiger charge is -2.37. The smallest absolute Gasteiger partial charge is 0.325 e. The zero-order chi connectivity index (χ0) is 26.8. The van der Waals surface area contributed by atoms with Gasteiger partial charge in [0.05, 0.1) is 5.52 Å². The highest BCUT2D eigenvalue weighted by Crippen LogP contribution is 2.29. The molecule has 1 aliphatic heterocycles. The lowest BCUT2D eigenvalue weighted by Crippen LogP contribution is -2.54. The van der Waals surface area contributed by atoms with Crippen LogP contribution in [0.5, 0.6) is 0 Å². The first kappa shape index (κ1) is 25.3. The van der Waals surface area contributed by atoms with Crippen LogP contribution in [0.4, 0.5) is 27.7 Å². The molecule has 9 heteroatoms. The number of carbonyl (C=O) groups is 2. The van der Waals surface area contributed by atoms with Crippen molar-refractivity contribution in [2.24, 2.45) is 0 Å². The predicted molar refractivity (Wildman–Crippen MR) is 153 cm³/mol. The highest BCUT2D eigenvalue weighted by atomic mass is 16.2. The van der Waals surface area contributed by atoms with Gasteiger partial charge in [0.15, 0.2) is 0 Å². The molecule has 0 spiro atoms. The van der Waals surface area contributed by atoms with E-state index in [4.69, 9.17) is 0 Å². The fraction of sp³-hybridized carbons (Fsp3) is 0.276. The minimum absolute atomic E-state index is 0.182. The third kappa shape index (κ3) is 5.19. The molecule has 3 N–H and O–H groups in total. The SMILES string of the molecule is CNC(=O)n1ccc2cc(N(C)c3ccnc(NC(=O)c4ccc(N5C[C@@H](C)N[C@@H](C)C5)cc4)c3)ccc21. The van der Waals surface area contributed by atoms with Gasteiger partial charge in [-0.3, -0.25) is 9.36 Å². The molecule has 5 rings (SSSR count). The number of pyridine rings is 1. The Morgan fingerprint density at radius 3 is 2.39 bits per heavy atom. The first-order valence-corrected chi connectivity index (χ1v) is 12.8. The summed E-state index contributed by atoms with van der Waals surface area (Å²) in [6.07, 6.45) is 3.43. The quantitative estimate of drug-likeness (QED) is 0.367. The van der Waals surface area contributed by atoms with Crippen molar-refractivity contribution in [3.8, 4) is 0 Å². The molecule has 1 fully saturated rings. The van der Waals surface area contributed by atoms with E-state index in [0.29, 0.717) is 23.5 Å². The van der Waals surface area contributed by atoms with Gasteiger partial charge >= 0.3 is 6.03 Å². The van der Waals surface area contributed by atoms with Crippen LogP contribution in [0.25, 0.3) is 10.9 Å². The summed E-state index contributed by atoms with van der Waals surface area (Å²) in [5, 5.41) is 10.1. The van der Waals surface area contributed by atoms with E-state index in [1.165, 1.54) is 0 Å². The fourth-order valence-electron chi connectivity index (χ4n) is 5.03. The molecular formula is C29H33N7O2. The summed E-state index contributed by atoms with van der Waals surface area (Å²) in [7, 11) is 3.56. The Hall–Kier alpha value is -4.37. The van der Waals surface area contributed by atoms with Crippen molar-refractivity contribution in [1.29, 1.82) is 0 Å². The minimum Gasteiger partial charge on any atom is -0.368 e. The summed E-state index contributed by atoms with van der Waals surface area (Å²) in [6, 6.07) is 19.9. The summed E-state index contributed by atoms with van der Waals surface area (Å²) in [5.74, 6) is 0.267. The largest absolute Gasteiger partial charge is 0.368 e. The van der Waals surface area contributed by atoms with Crippen molar-refractivity contribution >= 4 is 45.7 Å². The molecule has 196 valence electrons. The monoisotopic (exact) mass is 511 g/mol. The van der Waals surface area contributed by atoms with Crippen LogP contribution in [0.2, 0.25) is 0 Å². The second kappa shape index (κ2) is 10.5. The first-order valence-electron chi connectivity index (χ1n) is 12.8. The number of piperazine rings is 1. The number of aromatic nitrogens is 2. The summed E-state index contributed by atoms with van der Waals surface area (Å²) in [5.41, 5.74) is 4.35. The molecule has 0 aliphatic carbocycles. The molecule has 2 aromatic carbocycles. The first-order chi connectivity index (χ1) is 18.3. The molecule has 0 radical (unpaired) electrons. The number of nitrogens with zero attached hydrogens (tertiary/aromatic N) is 4. The van der Waals surface area contributed by atoms with Crippen LogP contribution in [-0.2, 0) is 0 Å². The number of carbonyl (C=O) groups excluding carboxylic acids is 2. The molecule has 0 bridgehead atoms. The lowest BCUT2D eigenvalue weighted by molar-refractivity contribution is 0.102. The molecule has 1 aliphatic rings. The van der Waals surface area contributed by atoms with Crippen LogP contribution in [0.15, 0.2) is 73.1 Å². The fourth-order valence-corrected chi connectivity index (χ4v) is 5.03. The van der Waals surface area contributed by atoms with E-state index in [2.05, 4.69) is 39.7 Å². The van der Waals surface area contributed by atoms with E-state index >= 15 is 0 Å². The van der Waals surface area contributed by atoms with E-state index in [9.17, 15) is 9.59 Å². The Labute approximate surface area is 222 Å². The number of nitrogens with one attached hydrogen (secondary N) is 3. The second-order valence-corrected chi connectivity index (χ2v) is 9.82. The van der Waals surface area contributed by atoms with Crippen molar-refractivity contribution < 1.29 is 9.59 Å². The summed E-state index contributed by atoms with van der Waals surface area (Å²) in [4.78, 5) is 33.7. The molecule has 0 unspecified atom stereocenters. The molecule has 2 aromatic heterocycles. The number of anilines is 4. The molecule has 0 saturated carbocycles. The normalized spacial score (nSPS) is 17.3. The van der Waals surface area contributed by atoms with Crippen molar-refractivity contribution in [1.82, 2.24) is 20.2 Å². The van der Waals surface area contributed by atoms with Crippen molar-refractivity contribution in [2.75, 3.05) is 42.3 Å². The van der Waals surface area contributed by atoms with E-state index in [0.717, 1.165) is 41.1 Å². The van der Waals surface area contributed by atoms with E-state index in [1.807, 2.05) is 72.6 Å². The molecule has 9 nitrogen and oxygen atoms in total. The standard InChI is InChI=1S/C29H33N7O2/c1-19-17-35(18-20(2)32-19)23-7-5-21(6-8-23)28(37)33-27-16-25(11-13-31-27)34(4)24-9-10-26-22(15-24)12-14-36(26)29(38)30-3/h5-16,19-20,32H,17-18H2,1-4H3,(H,30,38)(H,31,33,37)/t19-,20+. The van der Waals surface area contributed by atoms with Crippen molar-refractivity contribution in [3.63, 3.8) is 0 Å². The average Bonchev–Trinajstić information content (AvgIpc) is 3.35. The molecule has 1 saturated heterocycles. The Morgan fingerprint density at radius 1 is 0.974 bits per heavy atom. The highest BCUT2D eigenvalue weighted by molar-refractivity contribution is 6.04. The van der Waals surface area contributed by atoms with Gasteiger partial charge in [-0.1, -0.05) is 0 Å². The third-order valence-electron chi connectivity index (χ3n) is 6.92. The van der Waals surface area contributed by atoms with Gasteiger partial charge in [-0.2, -0.15) is 0 Å². The van der Waals surface area contributed by atoms with E-state index in [1.54, 1.807) is 24.0 Å². The van der Waals surface area contributed by atoms with Gasteiger partial charge in [-0.05, 0) is 68.4 Å². The van der Waals surface area contributed by atoms with Crippen LogP contribution in [-0.4, -0.2) is 60.8 Å². The van der Waals surface area contributed by atoms with Gasteiger partial charge in [-0.15, -0.1) is 0 Å². The summed E-state index contributed by atoms with van der Waals surface area (Å²) >= 11 is 0. The molecule has 3 heterocycles. The number of amides is 2. The molecule has 2 amide bonds. The molecular weight excluding hydrogens is 478 g/mol. The highest BCUT2D eigenvalue weighted by Gasteiger charge is 2.21. The Morgan fingerprint density at radius 2 is 1.68 bits per heavy atom. The van der Waals surface area contributed by atoms with Crippen LogP contribution in [0, 0.1) is 0 Å². The van der Waals surface area contributed by atoms with Crippen molar-refractivity contribution in [3.05, 3.63) is 78.6 Å². The number of hydrogen-bond acceptors (Lipinski definition) is 6. The van der Waals surface area contributed by atoms with Crippen LogP contribution in [0.1, 0.15) is 24.2 Å². The maximum atomic E-state index is 13.0.